The van der Waals surface area contributed by atoms with Crippen LogP contribution in [0, 0.1) is 0 Å². The second-order valence-corrected chi connectivity index (χ2v) is 4.26. The molecule has 0 aliphatic heterocycles. The average Bonchev–Trinajstić information content (AvgIpc) is 2.53. The van der Waals surface area contributed by atoms with Crippen LogP contribution in [0.2, 0.25) is 0 Å². The molecule has 0 heterocycles. The van der Waals surface area contributed by atoms with Crippen molar-refractivity contribution in [2.45, 2.75) is 0 Å². The molecule has 0 saturated heterocycles. The second-order valence-electron chi connectivity index (χ2n) is 4.26. The van der Waals surface area contributed by atoms with Crippen LogP contribution in [-0.4, -0.2) is 25.2 Å². The highest BCUT2D eigenvalue weighted by Gasteiger charge is 2.12. The van der Waals surface area contributed by atoms with Crippen LogP contribution in [0.4, 0.5) is 11.4 Å². The van der Waals surface area contributed by atoms with Gasteiger partial charge in [0.05, 0.1) is 12.8 Å². The number of para-hydroxylation sites is 1. The van der Waals surface area contributed by atoms with E-state index in [2.05, 4.69) is 5.16 Å². The molecule has 0 radical (unpaired) electrons. The third kappa shape index (κ3) is 2.66. The number of nitrogens with two attached hydrogens (primary N) is 1. The number of oxime groups is 1. The van der Waals surface area contributed by atoms with Crippen molar-refractivity contribution in [3.63, 3.8) is 0 Å². The molecule has 0 saturated carbocycles. The molecule has 2 rings (SSSR count). The lowest BCUT2D eigenvalue weighted by Crippen LogP contribution is -2.19. The maximum Gasteiger partial charge on any atom is 0.172 e. The Morgan fingerprint density at radius 1 is 1.20 bits per heavy atom. The SMILES string of the molecule is COc1cccc(N(C)c2ccccc2C(N)=NO)c1. The molecule has 104 valence electrons. The van der Waals surface area contributed by atoms with Gasteiger partial charge < -0.3 is 20.6 Å². The first-order valence-electron chi connectivity index (χ1n) is 6.12. The molecule has 0 spiro atoms. The van der Waals surface area contributed by atoms with Gasteiger partial charge in [0, 0.05) is 24.4 Å². The Labute approximate surface area is 117 Å². The molecule has 0 atom stereocenters. The summed E-state index contributed by atoms with van der Waals surface area (Å²) in [6, 6.07) is 15.1. The van der Waals surface area contributed by atoms with E-state index in [-0.39, 0.29) is 5.84 Å². The van der Waals surface area contributed by atoms with Gasteiger partial charge in [0.1, 0.15) is 5.75 Å². The van der Waals surface area contributed by atoms with E-state index in [0.29, 0.717) is 5.56 Å². The Bertz CT molecular complexity index is 626. The summed E-state index contributed by atoms with van der Waals surface area (Å²) in [7, 11) is 3.54. The zero-order valence-corrected chi connectivity index (χ0v) is 11.4. The van der Waals surface area contributed by atoms with Gasteiger partial charge in [0.15, 0.2) is 5.84 Å². The van der Waals surface area contributed by atoms with Crippen molar-refractivity contribution in [2.75, 3.05) is 19.1 Å². The van der Waals surface area contributed by atoms with Crippen LogP contribution in [0.5, 0.6) is 5.75 Å². The highest BCUT2D eigenvalue weighted by atomic mass is 16.5. The minimum absolute atomic E-state index is 0.0790. The maximum atomic E-state index is 8.87. The lowest BCUT2D eigenvalue weighted by molar-refractivity contribution is 0.318. The van der Waals surface area contributed by atoms with Crippen LogP contribution in [0.1, 0.15) is 5.56 Å². The Hall–Kier alpha value is -2.69. The summed E-state index contributed by atoms with van der Waals surface area (Å²) in [5.41, 5.74) is 8.17. The predicted octanol–water partition coefficient (Wildman–Crippen LogP) is 2.56. The summed E-state index contributed by atoms with van der Waals surface area (Å²) in [4.78, 5) is 1.95. The topological polar surface area (TPSA) is 71.1 Å². The van der Waals surface area contributed by atoms with Gasteiger partial charge in [0.25, 0.3) is 0 Å². The standard InChI is InChI=1S/C15H17N3O2/c1-18(11-6-5-7-12(10-11)20-2)14-9-4-3-8-13(14)15(16)17-19/h3-10,19H,1-2H3,(H2,16,17). The normalized spacial score (nSPS) is 11.2. The fraction of sp³-hybridized carbons (Fsp3) is 0.133. The predicted molar refractivity (Wildman–Crippen MR) is 80.0 cm³/mol. The van der Waals surface area contributed by atoms with E-state index < -0.39 is 0 Å². The summed E-state index contributed by atoms with van der Waals surface area (Å²) in [6.07, 6.45) is 0. The van der Waals surface area contributed by atoms with Crippen LogP contribution in [0.15, 0.2) is 53.7 Å². The molecular weight excluding hydrogens is 254 g/mol. The average molecular weight is 271 g/mol. The summed E-state index contributed by atoms with van der Waals surface area (Å²) < 4.78 is 5.22. The molecule has 2 aromatic carbocycles. The van der Waals surface area contributed by atoms with Gasteiger partial charge in [-0.2, -0.15) is 0 Å². The van der Waals surface area contributed by atoms with Crippen molar-refractivity contribution >= 4 is 17.2 Å². The van der Waals surface area contributed by atoms with Gasteiger partial charge in [-0.15, -0.1) is 0 Å². The van der Waals surface area contributed by atoms with Gasteiger partial charge in [-0.25, -0.2) is 0 Å². The number of amidine groups is 1. The van der Waals surface area contributed by atoms with Crippen molar-refractivity contribution in [3.8, 4) is 5.75 Å². The van der Waals surface area contributed by atoms with Crippen LogP contribution in [0.3, 0.4) is 0 Å². The number of ether oxygens (including phenoxy) is 1. The molecular formula is C15H17N3O2. The zero-order valence-electron chi connectivity index (χ0n) is 11.4. The fourth-order valence-corrected chi connectivity index (χ4v) is 1.99. The Morgan fingerprint density at radius 3 is 2.65 bits per heavy atom. The summed E-state index contributed by atoms with van der Waals surface area (Å²) in [6.45, 7) is 0. The molecule has 0 unspecified atom stereocenters. The second kappa shape index (κ2) is 5.97. The van der Waals surface area contributed by atoms with Crippen molar-refractivity contribution in [2.24, 2.45) is 10.9 Å². The highest BCUT2D eigenvalue weighted by Crippen LogP contribution is 2.29. The van der Waals surface area contributed by atoms with Gasteiger partial charge in [-0.1, -0.05) is 23.4 Å². The molecule has 0 aliphatic carbocycles. The smallest absolute Gasteiger partial charge is 0.172 e. The van der Waals surface area contributed by atoms with Gasteiger partial charge in [0.2, 0.25) is 0 Å². The Kier molecular flexibility index (Phi) is 4.10. The highest BCUT2D eigenvalue weighted by molar-refractivity contribution is 6.02. The monoisotopic (exact) mass is 271 g/mol. The lowest BCUT2D eigenvalue weighted by Gasteiger charge is -2.22. The first kappa shape index (κ1) is 13.7. The van der Waals surface area contributed by atoms with E-state index in [1.165, 1.54) is 0 Å². The number of anilines is 2. The Balaban J connectivity index is 2.45. The third-order valence-corrected chi connectivity index (χ3v) is 3.09. The van der Waals surface area contributed by atoms with E-state index in [0.717, 1.165) is 17.1 Å². The number of methoxy groups -OCH3 is 1. The number of benzene rings is 2. The molecule has 0 aromatic heterocycles. The number of hydrogen-bond acceptors (Lipinski definition) is 4. The molecule has 3 N–H and O–H groups in total. The van der Waals surface area contributed by atoms with Crippen molar-refractivity contribution in [3.05, 3.63) is 54.1 Å². The van der Waals surface area contributed by atoms with Gasteiger partial charge >= 0.3 is 0 Å². The number of hydrogen-bond donors (Lipinski definition) is 2. The van der Waals surface area contributed by atoms with Crippen molar-refractivity contribution in [1.29, 1.82) is 0 Å². The number of nitrogens with zero attached hydrogens (tertiary/aromatic N) is 2. The lowest BCUT2D eigenvalue weighted by atomic mass is 10.1. The molecule has 20 heavy (non-hydrogen) atoms. The van der Waals surface area contributed by atoms with Crippen LogP contribution in [-0.2, 0) is 0 Å². The molecule has 0 bridgehead atoms. The van der Waals surface area contributed by atoms with Crippen molar-refractivity contribution in [1.82, 2.24) is 0 Å². The largest absolute Gasteiger partial charge is 0.497 e. The summed E-state index contributed by atoms with van der Waals surface area (Å²) >= 11 is 0. The minimum Gasteiger partial charge on any atom is -0.497 e. The first-order chi connectivity index (χ1) is 9.67. The number of rotatable bonds is 4. The summed E-state index contributed by atoms with van der Waals surface area (Å²) in [5.74, 6) is 0.853. The molecule has 2 aromatic rings. The van der Waals surface area contributed by atoms with E-state index in [4.69, 9.17) is 15.7 Å². The van der Waals surface area contributed by atoms with Crippen LogP contribution >= 0.6 is 0 Å². The van der Waals surface area contributed by atoms with Crippen molar-refractivity contribution < 1.29 is 9.94 Å². The quantitative estimate of drug-likeness (QED) is 0.388. The zero-order chi connectivity index (χ0) is 14.5. The van der Waals surface area contributed by atoms with Crippen LogP contribution < -0.4 is 15.4 Å². The van der Waals surface area contributed by atoms with Gasteiger partial charge in [-0.05, 0) is 24.3 Å². The van der Waals surface area contributed by atoms with E-state index in [1.807, 2.05) is 54.4 Å². The van der Waals surface area contributed by atoms with Crippen LogP contribution in [0.25, 0.3) is 0 Å². The Morgan fingerprint density at radius 2 is 1.95 bits per heavy atom. The molecule has 0 aliphatic rings. The van der Waals surface area contributed by atoms with E-state index in [9.17, 15) is 0 Å². The molecule has 0 fully saturated rings. The fourth-order valence-electron chi connectivity index (χ4n) is 1.99. The summed E-state index contributed by atoms with van der Waals surface area (Å²) in [5, 5.41) is 11.9. The third-order valence-electron chi connectivity index (χ3n) is 3.09. The van der Waals surface area contributed by atoms with E-state index >= 15 is 0 Å². The molecule has 5 heteroatoms. The van der Waals surface area contributed by atoms with Gasteiger partial charge in [-0.3, -0.25) is 0 Å². The molecule has 5 nitrogen and oxygen atoms in total. The first-order valence-corrected chi connectivity index (χ1v) is 6.12. The van der Waals surface area contributed by atoms with E-state index in [1.54, 1.807) is 13.2 Å². The maximum absolute atomic E-state index is 8.87. The minimum atomic E-state index is 0.0790. The molecule has 0 amide bonds.